The monoisotopic (exact) mass is 382 g/mol. The molecule has 0 unspecified atom stereocenters. The van der Waals surface area contributed by atoms with Gasteiger partial charge in [0.25, 0.3) is 5.91 Å². The van der Waals surface area contributed by atoms with Crippen LogP contribution in [0, 0.1) is 0 Å². The summed E-state index contributed by atoms with van der Waals surface area (Å²) in [5, 5.41) is 1.25. The standard InChI is InChI=1S/C20H22N4O2S/c25-20(15-6-4-12-26-15)24-10-8-23(9-11-24)18-17-14-5-2-1-3-7-16(14)27-19(17)22-13-21-18/h4,6,12-13H,1-3,5,7-11H2. The molecular weight excluding hydrogens is 360 g/mol. The summed E-state index contributed by atoms with van der Waals surface area (Å²) < 4.78 is 5.26. The highest BCUT2D eigenvalue weighted by molar-refractivity contribution is 7.18. The Morgan fingerprint density at radius 2 is 1.93 bits per heavy atom. The van der Waals surface area contributed by atoms with Crippen molar-refractivity contribution in [3.05, 3.63) is 40.9 Å². The SMILES string of the molecule is O=C(c1ccco1)N1CCN(c2ncnc3sc4c(c23)CCCCC4)CC1. The Balaban J connectivity index is 1.40. The van der Waals surface area contributed by atoms with Crippen molar-refractivity contribution < 1.29 is 9.21 Å². The van der Waals surface area contributed by atoms with E-state index in [1.165, 1.54) is 41.5 Å². The highest BCUT2D eigenvalue weighted by Crippen LogP contribution is 2.38. The van der Waals surface area contributed by atoms with Gasteiger partial charge in [-0.05, 0) is 43.4 Å². The molecule has 5 rings (SSSR count). The van der Waals surface area contributed by atoms with E-state index in [-0.39, 0.29) is 5.91 Å². The lowest BCUT2D eigenvalue weighted by molar-refractivity contribution is 0.0714. The number of carbonyl (C=O) groups is 1. The second-order valence-corrected chi connectivity index (χ2v) is 8.28. The third-order valence-corrected chi connectivity index (χ3v) is 6.78. The second-order valence-electron chi connectivity index (χ2n) is 7.20. The van der Waals surface area contributed by atoms with Crippen LogP contribution >= 0.6 is 11.3 Å². The molecule has 1 aliphatic carbocycles. The highest BCUT2D eigenvalue weighted by Gasteiger charge is 2.27. The van der Waals surface area contributed by atoms with E-state index in [2.05, 4.69) is 14.9 Å². The number of hydrogen-bond acceptors (Lipinski definition) is 6. The van der Waals surface area contributed by atoms with E-state index in [4.69, 9.17) is 4.42 Å². The molecule has 0 saturated carbocycles. The van der Waals surface area contributed by atoms with Crippen LogP contribution in [0.25, 0.3) is 10.2 Å². The minimum atomic E-state index is -0.0307. The topological polar surface area (TPSA) is 62.5 Å². The number of carbonyl (C=O) groups excluding carboxylic acids is 1. The highest BCUT2D eigenvalue weighted by atomic mass is 32.1. The number of fused-ring (bicyclic) bond motifs is 3. The van der Waals surface area contributed by atoms with Crippen molar-refractivity contribution in [2.75, 3.05) is 31.1 Å². The molecule has 27 heavy (non-hydrogen) atoms. The summed E-state index contributed by atoms with van der Waals surface area (Å²) in [6.07, 6.45) is 9.36. The summed E-state index contributed by atoms with van der Waals surface area (Å²) in [4.78, 5) is 28.5. The van der Waals surface area contributed by atoms with E-state index >= 15 is 0 Å². The maximum Gasteiger partial charge on any atom is 0.289 e. The Labute approximate surface area is 161 Å². The van der Waals surface area contributed by atoms with Gasteiger partial charge in [-0.15, -0.1) is 11.3 Å². The molecule has 0 aromatic carbocycles. The number of nitrogens with zero attached hydrogens (tertiary/aromatic N) is 4. The van der Waals surface area contributed by atoms with Crippen molar-refractivity contribution >= 4 is 33.3 Å². The van der Waals surface area contributed by atoms with Crippen LogP contribution in [0.1, 0.15) is 40.3 Å². The second kappa shape index (κ2) is 6.96. The number of hydrogen-bond donors (Lipinski definition) is 0. The third kappa shape index (κ3) is 3.00. The number of aryl methyl sites for hydroxylation is 2. The Bertz CT molecular complexity index is 958. The number of anilines is 1. The van der Waals surface area contributed by atoms with Crippen molar-refractivity contribution in [3.63, 3.8) is 0 Å². The molecule has 0 bridgehead atoms. The zero-order valence-corrected chi connectivity index (χ0v) is 16.0. The number of piperazine rings is 1. The number of aromatic nitrogens is 2. The average molecular weight is 382 g/mol. The summed E-state index contributed by atoms with van der Waals surface area (Å²) in [6.45, 7) is 2.92. The van der Waals surface area contributed by atoms with Crippen molar-refractivity contribution in [3.8, 4) is 0 Å². The largest absolute Gasteiger partial charge is 0.459 e. The van der Waals surface area contributed by atoms with Gasteiger partial charge in [-0.3, -0.25) is 4.79 Å². The molecule has 4 heterocycles. The first-order chi connectivity index (χ1) is 13.3. The molecule has 0 spiro atoms. The smallest absolute Gasteiger partial charge is 0.289 e. The summed E-state index contributed by atoms with van der Waals surface area (Å²) in [5.74, 6) is 1.43. The number of rotatable bonds is 2. The van der Waals surface area contributed by atoms with Crippen LogP contribution in [0.4, 0.5) is 5.82 Å². The fraction of sp³-hybridized carbons (Fsp3) is 0.450. The lowest BCUT2D eigenvalue weighted by Crippen LogP contribution is -2.49. The summed E-state index contributed by atoms with van der Waals surface area (Å²) in [6, 6.07) is 3.48. The summed E-state index contributed by atoms with van der Waals surface area (Å²) in [7, 11) is 0. The van der Waals surface area contributed by atoms with E-state index in [1.54, 1.807) is 24.7 Å². The molecule has 3 aromatic rings. The van der Waals surface area contributed by atoms with Gasteiger partial charge in [0.1, 0.15) is 17.0 Å². The van der Waals surface area contributed by atoms with Gasteiger partial charge in [0, 0.05) is 31.1 Å². The van der Waals surface area contributed by atoms with E-state index < -0.39 is 0 Å². The van der Waals surface area contributed by atoms with Crippen LogP contribution in [0.3, 0.4) is 0 Å². The number of furan rings is 1. The molecule has 140 valence electrons. The fourth-order valence-electron chi connectivity index (χ4n) is 4.17. The molecule has 3 aromatic heterocycles. The molecule has 2 aliphatic rings. The maximum absolute atomic E-state index is 12.5. The molecule has 6 nitrogen and oxygen atoms in total. The van der Waals surface area contributed by atoms with E-state index in [1.807, 2.05) is 16.2 Å². The first kappa shape index (κ1) is 16.7. The summed E-state index contributed by atoms with van der Waals surface area (Å²) in [5.41, 5.74) is 1.47. The Hall–Kier alpha value is -2.41. The van der Waals surface area contributed by atoms with Crippen molar-refractivity contribution in [1.82, 2.24) is 14.9 Å². The van der Waals surface area contributed by atoms with Crippen LogP contribution in [0.2, 0.25) is 0 Å². The van der Waals surface area contributed by atoms with Crippen LogP contribution < -0.4 is 4.90 Å². The van der Waals surface area contributed by atoms with Crippen LogP contribution in [-0.4, -0.2) is 47.0 Å². The van der Waals surface area contributed by atoms with Crippen molar-refractivity contribution in [2.45, 2.75) is 32.1 Å². The molecule has 1 fully saturated rings. The van der Waals surface area contributed by atoms with Gasteiger partial charge in [0.2, 0.25) is 0 Å². The minimum Gasteiger partial charge on any atom is -0.459 e. The fourth-order valence-corrected chi connectivity index (χ4v) is 5.39. The lowest BCUT2D eigenvalue weighted by atomic mass is 10.1. The first-order valence-electron chi connectivity index (χ1n) is 9.64. The Kier molecular flexibility index (Phi) is 4.32. The predicted octanol–water partition coefficient (Wildman–Crippen LogP) is 3.52. The molecule has 0 N–H and O–H groups in total. The van der Waals surface area contributed by atoms with Gasteiger partial charge >= 0.3 is 0 Å². The molecule has 1 amide bonds. The predicted molar refractivity (Wildman–Crippen MR) is 105 cm³/mol. The zero-order valence-electron chi connectivity index (χ0n) is 15.2. The number of amides is 1. The molecule has 1 saturated heterocycles. The van der Waals surface area contributed by atoms with Crippen LogP contribution in [0.5, 0.6) is 0 Å². The zero-order chi connectivity index (χ0) is 18.2. The van der Waals surface area contributed by atoms with Gasteiger partial charge in [0.05, 0.1) is 11.6 Å². The normalized spacial score (nSPS) is 17.8. The Morgan fingerprint density at radius 1 is 1.07 bits per heavy atom. The Morgan fingerprint density at radius 3 is 2.74 bits per heavy atom. The molecule has 7 heteroatoms. The van der Waals surface area contributed by atoms with E-state index in [0.29, 0.717) is 18.8 Å². The van der Waals surface area contributed by atoms with Crippen LogP contribution in [-0.2, 0) is 12.8 Å². The summed E-state index contributed by atoms with van der Waals surface area (Å²) >= 11 is 1.84. The lowest BCUT2D eigenvalue weighted by Gasteiger charge is -2.35. The molecule has 0 atom stereocenters. The maximum atomic E-state index is 12.5. The van der Waals surface area contributed by atoms with Gasteiger partial charge in [0.15, 0.2) is 5.76 Å². The molecular formula is C20H22N4O2S. The van der Waals surface area contributed by atoms with Gasteiger partial charge in [-0.25, -0.2) is 9.97 Å². The third-order valence-electron chi connectivity index (χ3n) is 5.58. The van der Waals surface area contributed by atoms with E-state index in [0.717, 1.165) is 30.2 Å². The molecule has 0 radical (unpaired) electrons. The van der Waals surface area contributed by atoms with E-state index in [9.17, 15) is 4.79 Å². The number of thiophene rings is 1. The van der Waals surface area contributed by atoms with Crippen LogP contribution in [0.15, 0.2) is 29.1 Å². The molecule has 1 aliphatic heterocycles. The van der Waals surface area contributed by atoms with Crippen molar-refractivity contribution in [1.29, 1.82) is 0 Å². The average Bonchev–Trinajstić information content (AvgIpc) is 3.30. The van der Waals surface area contributed by atoms with Gasteiger partial charge in [-0.2, -0.15) is 0 Å². The van der Waals surface area contributed by atoms with Gasteiger partial charge < -0.3 is 14.2 Å². The quantitative estimate of drug-likeness (QED) is 0.635. The minimum absolute atomic E-state index is 0.0307. The van der Waals surface area contributed by atoms with Gasteiger partial charge in [-0.1, -0.05) is 6.42 Å². The van der Waals surface area contributed by atoms with Crippen molar-refractivity contribution in [2.24, 2.45) is 0 Å². The first-order valence-corrected chi connectivity index (χ1v) is 10.5.